The van der Waals surface area contributed by atoms with Crippen molar-refractivity contribution >= 4 is 13.3 Å². The largest absolute Gasteiger partial charge is 0.437 e. The lowest BCUT2D eigenvalue weighted by Crippen LogP contribution is -2.52. The van der Waals surface area contributed by atoms with Crippen LogP contribution >= 0.6 is 0 Å². The highest BCUT2D eigenvalue weighted by Crippen LogP contribution is 2.26. The molecule has 3 nitrogen and oxygen atoms in total. The molecule has 0 unspecified atom stereocenters. The zero-order valence-corrected chi connectivity index (χ0v) is 8.60. The summed E-state index contributed by atoms with van der Waals surface area (Å²) in [6, 6.07) is 0.381. The van der Waals surface area contributed by atoms with E-state index in [1.54, 1.807) is 6.82 Å². The SMILES string of the molecule is CB(O)N1C[C@H](C=O)[C@@H](C)C[C@@H]1C. The maximum Gasteiger partial charge on any atom is 0.376 e. The Morgan fingerprint density at radius 1 is 1.54 bits per heavy atom. The monoisotopic (exact) mass is 183 g/mol. The number of piperidine rings is 1. The topological polar surface area (TPSA) is 40.5 Å². The second-order valence-corrected chi connectivity index (χ2v) is 4.19. The van der Waals surface area contributed by atoms with E-state index < -0.39 is 7.05 Å². The molecule has 13 heavy (non-hydrogen) atoms. The Bertz CT molecular complexity index is 186. The van der Waals surface area contributed by atoms with Gasteiger partial charge in [0.1, 0.15) is 6.29 Å². The summed E-state index contributed by atoms with van der Waals surface area (Å²) in [5.74, 6) is 0.535. The fourth-order valence-electron chi connectivity index (χ4n) is 2.15. The summed E-state index contributed by atoms with van der Waals surface area (Å²) >= 11 is 0. The molecule has 1 N–H and O–H groups in total. The first-order chi connectivity index (χ1) is 6.06. The van der Waals surface area contributed by atoms with Crippen LogP contribution in [0.25, 0.3) is 0 Å². The van der Waals surface area contributed by atoms with Crippen LogP contribution in [-0.2, 0) is 4.79 Å². The average Bonchev–Trinajstić information content (AvgIpc) is 2.03. The van der Waals surface area contributed by atoms with Crippen LogP contribution in [0.3, 0.4) is 0 Å². The van der Waals surface area contributed by atoms with Crippen molar-refractivity contribution in [3.8, 4) is 0 Å². The van der Waals surface area contributed by atoms with Crippen molar-refractivity contribution in [2.75, 3.05) is 6.54 Å². The van der Waals surface area contributed by atoms with Crippen molar-refractivity contribution in [2.24, 2.45) is 11.8 Å². The number of hydrogen-bond acceptors (Lipinski definition) is 3. The van der Waals surface area contributed by atoms with Crippen LogP contribution in [0.5, 0.6) is 0 Å². The Hall–Kier alpha value is -0.345. The lowest BCUT2D eigenvalue weighted by molar-refractivity contribution is -0.114. The van der Waals surface area contributed by atoms with E-state index >= 15 is 0 Å². The lowest BCUT2D eigenvalue weighted by atomic mass is 9.75. The summed E-state index contributed by atoms with van der Waals surface area (Å²) in [5, 5.41) is 9.46. The van der Waals surface area contributed by atoms with Crippen LogP contribution in [0, 0.1) is 11.8 Å². The zero-order chi connectivity index (χ0) is 10.0. The average molecular weight is 183 g/mol. The number of nitrogens with zero attached hydrogens (tertiary/aromatic N) is 1. The molecular formula is C9H18BNO2. The number of aldehydes is 1. The van der Waals surface area contributed by atoms with Gasteiger partial charge in [-0.05, 0) is 31.7 Å². The van der Waals surface area contributed by atoms with E-state index in [4.69, 9.17) is 0 Å². The summed E-state index contributed by atoms with van der Waals surface area (Å²) in [4.78, 5) is 12.7. The van der Waals surface area contributed by atoms with Crippen molar-refractivity contribution in [1.29, 1.82) is 0 Å². The van der Waals surface area contributed by atoms with E-state index in [2.05, 4.69) is 13.8 Å². The van der Waals surface area contributed by atoms with Gasteiger partial charge in [0.15, 0.2) is 0 Å². The minimum Gasteiger partial charge on any atom is -0.437 e. The van der Waals surface area contributed by atoms with Gasteiger partial charge in [0.2, 0.25) is 0 Å². The molecular weight excluding hydrogens is 165 g/mol. The molecule has 0 bridgehead atoms. The number of carbonyl (C=O) groups is 1. The smallest absolute Gasteiger partial charge is 0.376 e. The zero-order valence-electron chi connectivity index (χ0n) is 8.60. The molecule has 1 aliphatic rings. The highest BCUT2D eigenvalue weighted by Gasteiger charge is 2.33. The molecule has 0 aromatic heterocycles. The van der Waals surface area contributed by atoms with Gasteiger partial charge in [-0.25, -0.2) is 0 Å². The molecule has 1 aliphatic heterocycles. The molecule has 0 saturated carbocycles. The molecule has 1 fully saturated rings. The normalized spacial score (nSPS) is 35.8. The van der Waals surface area contributed by atoms with E-state index in [0.29, 0.717) is 18.5 Å². The second-order valence-electron chi connectivity index (χ2n) is 4.19. The van der Waals surface area contributed by atoms with Gasteiger partial charge in [-0.2, -0.15) is 0 Å². The van der Waals surface area contributed by atoms with Crippen molar-refractivity contribution in [1.82, 2.24) is 4.81 Å². The first kappa shape index (κ1) is 10.7. The van der Waals surface area contributed by atoms with Crippen molar-refractivity contribution in [3.05, 3.63) is 0 Å². The first-order valence-electron chi connectivity index (χ1n) is 4.95. The predicted molar refractivity (Wildman–Crippen MR) is 53.3 cm³/mol. The predicted octanol–water partition coefficient (Wildman–Crippen LogP) is 0.642. The Morgan fingerprint density at radius 3 is 2.62 bits per heavy atom. The maximum absolute atomic E-state index is 10.7. The van der Waals surface area contributed by atoms with Crippen LogP contribution < -0.4 is 0 Å². The van der Waals surface area contributed by atoms with Gasteiger partial charge in [-0.3, -0.25) is 0 Å². The highest BCUT2D eigenvalue weighted by atomic mass is 16.2. The number of hydrogen-bond donors (Lipinski definition) is 1. The van der Waals surface area contributed by atoms with Gasteiger partial charge < -0.3 is 14.6 Å². The summed E-state index contributed by atoms with van der Waals surface area (Å²) in [5.41, 5.74) is 0. The minimum atomic E-state index is -0.440. The molecule has 1 rings (SSSR count). The molecule has 4 heteroatoms. The Kier molecular flexibility index (Phi) is 3.51. The van der Waals surface area contributed by atoms with Gasteiger partial charge in [-0.1, -0.05) is 13.8 Å². The summed E-state index contributed by atoms with van der Waals surface area (Å²) in [6.45, 7) is 6.66. The molecule has 0 aromatic rings. The minimum absolute atomic E-state index is 0.0887. The highest BCUT2D eigenvalue weighted by molar-refractivity contribution is 6.45. The third kappa shape index (κ3) is 2.32. The third-order valence-electron chi connectivity index (χ3n) is 3.09. The van der Waals surface area contributed by atoms with E-state index in [1.165, 1.54) is 0 Å². The van der Waals surface area contributed by atoms with Crippen LogP contribution in [0.2, 0.25) is 6.82 Å². The van der Waals surface area contributed by atoms with Gasteiger partial charge >= 0.3 is 7.05 Å². The van der Waals surface area contributed by atoms with Gasteiger partial charge in [0.05, 0.1) is 0 Å². The molecule has 3 atom stereocenters. The standard InChI is InChI=1S/C9H18BNO2/c1-7-4-8(2)11(10(3)13)5-9(7)6-12/h6-9,13H,4-5H2,1-3H3/t7-,8-,9+/m0/s1. The Labute approximate surface area is 80.2 Å². The number of carbonyl (C=O) groups excluding carboxylic acids is 1. The third-order valence-corrected chi connectivity index (χ3v) is 3.09. The first-order valence-corrected chi connectivity index (χ1v) is 4.95. The molecule has 0 spiro atoms. The molecule has 0 radical (unpaired) electrons. The van der Waals surface area contributed by atoms with Crippen LogP contribution in [0.4, 0.5) is 0 Å². The maximum atomic E-state index is 10.7. The summed E-state index contributed by atoms with van der Waals surface area (Å²) in [7, 11) is -0.440. The molecule has 0 amide bonds. The van der Waals surface area contributed by atoms with Crippen molar-refractivity contribution < 1.29 is 9.82 Å². The van der Waals surface area contributed by atoms with Gasteiger partial charge in [0, 0.05) is 5.92 Å². The van der Waals surface area contributed by atoms with Crippen LogP contribution in [0.15, 0.2) is 0 Å². The lowest BCUT2D eigenvalue weighted by Gasteiger charge is -2.40. The molecule has 0 aromatic carbocycles. The molecule has 74 valence electrons. The van der Waals surface area contributed by atoms with E-state index in [1.807, 2.05) is 4.81 Å². The van der Waals surface area contributed by atoms with Crippen LogP contribution in [-0.4, -0.2) is 35.8 Å². The van der Waals surface area contributed by atoms with E-state index in [-0.39, 0.29) is 5.92 Å². The van der Waals surface area contributed by atoms with E-state index in [9.17, 15) is 9.82 Å². The van der Waals surface area contributed by atoms with E-state index in [0.717, 1.165) is 12.7 Å². The Morgan fingerprint density at radius 2 is 2.15 bits per heavy atom. The fourth-order valence-corrected chi connectivity index (χ4v) is 2.15. The fraction of sp³-hybridized carbons (Fsp3) is 0.889. The molecule has 1 saturated heterocycles. The molecule has 0 aliphatic carbocycles. The van der Waals surface area contributed by atoms with Gasteiger partial charge in [-0.15, -0.1) is 0 Å². The quantitative estimate of drug-likeness (QED) is 0.504. The summed E-state index contributed by atoms with van der Waals surface area (Å²) < 4.78 is 0. The Balaban J connectivity index is 2.63. The van der Waals surface area contributed by atoms with Crippen molar-refractivity contribution in [3.63, 3.8) is 0 Å². The van der Waals surface area contributed by atoms with Crippen molar-refractivity contribution in [2.45, 2.75) is 33.1 Å². The van der Waals surface area contributed by atoms with Crippen LogP contribution in [0.1, 0.15) is 20.3 Å². The summed E-state index contributed by atoms with van der Waals surface area (Å²) in [6.07, 6.45) is 2.01. The van der Waals surface area contributed by atoms with Gasteiger partial charge in [0.25, 0.3) is 0 Å². The number of rotatable bonds is 2. The molecule has 1 heterocycles. The second kappa shape index (κ2) is 4.25.